The van der Waals surface area contributed by atoms with Gasteiger partial charge in [0.15, 0.2) is 0 Å². The van der Waals surface area contributed by atoms with Gasteiger partial charge >= 0.3 is 0 Å². The predicted octanol–water partition coefficient (Wildman–Crippen LogP) is 9.55. The molecule has 0 saturated heterocycles. The topological polar surface area (TPSA) is 30.5 Å². The van der Waals surface area contributed by atoms with E-state index in [4.69, 9.17) is 0 Å². The van der Waals surface area contributed by atoms with Crippen LogP contribution in [0.1, 0.15) is 69.5 Å². The Kier molecular flexibility index (Phi) is 11.2. The van der Waals surface area contributed by atoms with Crippen molar-refractivity contribution in [3.8, 4) is 22.3 Å². The van der Waals surface area contributed by atoms with Gasteiger partial charge in [-0.15, -0.1) is 0 Å². The first-order chi connectivity index (χ1) is 21.4. The molecule has 0 bridgehead atoms. The fraction of sp³-hybridized carbons (Fsp3) is 0.415. The van der Waals surface area contributed by atoms with Crippen LogP contribution in [0.2, 0.25) is 0 Å². The van der Waals surface area contributed by atoms with E-state index < -0.39 is 0 Å². The summed E-state index contributed by atoms with van der Waals surface area (Å²) in [5.74, 6) is 0. The summed E-state index contributed by atoms with van der Waals surface area (Å²) in [5, 5.41) is 7.13. The first-order valence-electron chi connectivity index (χ1n) is 16.6. The Balaban J connectivity index is 1.68. The van der Waals surface area contributed by atoms with Crippen LogP contribution in [0.3, 0.4) is 0 Å². The Bertz CT molecular complexity index is 1620. The zero-order valence-corrected chi connectivity index (χ0v) is 30.0. The number of nitrogens with zero attached hydrogens (tertiary/aromatic N) is 2. The molecule has 4 rings (SSSR count). The van der Waals surface area contributed by atoms with E-state index in [1.165, 1.54) is 89.3 Å². The zero-order chi connectivity index (χ0) is 33.0. The van der Waals surface area contributed by atoms with Crippen LogP contribution >= 0.6 is 0 Å². The molecule has 0 spiro atoms. The van der Waals surface area contributed by atoms with E-state index in [2.05, 4.69) is 145 Å². The normalized spacial score (nSPS) is 11.4. The van der Waals surface area contributed by atoms with Crippen LogP contribution in [-0.4, -0.2) is 38.8 Å². The molecule has 2 N–H and O–H groups in total. The Morgan fingerprint density at radius 2 is 1.02 bits per heavy atom. The van der Waals surface area contributed by atoms with Crippen molar-refractivity contribution in [1.29, 1.82) is 0 Å². The quantitative estimate of drug-likeness (QED) is 0.158. The number of aryl methyl sites for hydroxylation is 6. The molecule has 0 unspecified atom stereocenters. The van der Waals surface area contributed by atoms with E-state index in [1.807, 2.05) is 7.05 Å². The molecule has 0 amide bonds. The molecule has 0 saturated carbocycles. The lowest BCUT2D eigenvalue weighted by Gasteiger charge is -2.33. The first kappa shape index (κ1) is 34.3. The van der Waals surface area contributed by atoms with Crippen LogP contribution in [0.15, 0.2) is 48.5 Å². The van der Waals surface area contributed by atoms with Crippen molar-refractivity contribution in [2.45, 2.75) is 82.3 Å². The molecule has 0 aliphatic heterocycles. The lowest BCUT2D eigenvalue weighted by Crippen LogP contribution is -2.36. The van der Waals surface area contributed by atoms with Gasteiger partial charge in [0.2, 0.25) is 0 Å². The lowest BCUT2D eigenvalue weighted by molar-refractivity contribution is 0.325. The molecular weight excluding hydrogens is 548 g/mol. The molecule has 0 atom stereocenters. The summed E-state index contributed by atoms with van der Waals surface area (Å²) in [7, 11) is 4.29. The molecule has 4 heteroatoms. The van der Waals surface area contributed by atoms with Crippen molar-refractivity contribution in [2.75, 3.05) is 44.1 Å². The summed E-state index contributed by atoms with van der Waals surface area (Å²) in [5.41, 5.74) is 21.2. The maximum atomic E-state index is 3.68. The molecule has 240 valence electrons. The van der Waals surface area contributed by atoms with Gasteiger partial charge in [0.1, 0.15) is 0 Å². The van der Waals surface area contributed by atoms with E-state index in [-0.39, 0.29) is 0 Å². The van der Waals surface area contributed by atoms with Crippen molar-refractivity contribution in [3.63, 3.8) is 0 Å². The van der Waals surface area contributed by atoms with Crippen LogP contribution in [0.4, 0.5) is 11.4 Å². The molecule has 0 aliphatic carbocycles. The average molecular weight is 605 g/mol. The summed E-state index contributed by atoms with van der Waals surface area (Å²) in [4.78, 5) is 4.99. The highest BCUT2D eigenvalue weighted by atomic mass is 15.3. The highest BCUT2D eigenvalue weighted by Crippen LogP contribution is 2.35. The van der Waals surface area contributed by atoms with Crippen molar-refractivity contribution in [2.24, 2.45) is 0 Å². The van der Waals surface area contributed by atoms with Crippen molar-refractivity contribution in [3.05, 3.63) is 104 Å². The lowest BCUT2D eigenvalue weighted by atomic mass is 9.93. The van der Waals surface area contributed by atoms with E-state index >= 15 is 0 Å². The molecule has 0 fully saturated rings. The Labute approximate surface area is 273 Å². The van der Waals surface area contributed by atoms with Gasteiger partial charge in [-0.1, -0.05) is 24.3 Å². The van der Waals surface area contributed by atoms with Gasteiger partial charge < -0.3 is 15.5 Å². The summed E-state index contributed by atoms with van der Waals surface area (Å²) in [6.45, 7) is 26.7. The highest BCUT2D eigenvalue weighted by molar-refractivity contribution is 5.74. The van der Waals surface area contributed by atoms with Gasteiger partial charge in [-0.3, -0.25) is 4.90 Å². The first-order valence-corrected chi connectivity index (χ1v) is 16.6. The van der Waals surface area contributed by atoms with Gasteiger partial charge in [0.05, 0.1) is 6.67 Å². The molecule has 45 heavy (non-hydrogen) atoms. The number of hydrogen-bond donors (Lipinski definition) is 2. The average Bonchev–Trinajstić information content (AvgIpc) is 2.98. The van der Waals surface area contributed by atoms with Gasteiger partial charge in [-0.25, -0.2) is 0 Å². The standard InChI is InChI=1S/C41H56N4/c1-13-43-40-30(7)19-36(34-15-26(3)32(9)27(4)16-34)22-39(40)24-44(12)25-45(14-2)41-31(8)20-37(21-38(41)23-42-11)35-17-28(5)33(10)29(6)18-35/h15-22,42-43H,13-14,23-25H2,1-12H3. The Hall–Kier alpha value is -3.60. The third-order valence-electron chi connectivity index (χ3n) is 9.59. The number of hydrogen-bond acceptors (Lipinski definition) is 4. The largest absolute Gasteiger partial charge is 0.385 e. The van der Waals surface area contributed by atoms with Crippen molar-refractivity contribution < 1.29 is 0 Å². The summed E-state index contributed by atoms with van der Waals surface area (Å²) in [6.07, 6.45) is 0. The SMILES string of the molecule is CCNc1c(C)cc(-c2cc(C)c(C)c(C)c2)cc1CN(C)CN(CC)c1c(C)cc(-c2cc(C)c(C)c(C)c2)cc1CNC. The fourth-order valence-electron chi connectivity index (χ4n) is 6.74. The number of anilines is 2. The fourth-order valence-corrected chi connectivity index (χ4v) is 6.74. The van der Waals surface area contributed by atoms with Crippen molar-refractivity contribution in [1.82, 2.24) is 10.2 Å². The van der Waals surface area contributed by atoms with E-state index in [0.717, 1.165) is 32.8 Å². The molecular formula is C41H56N4. The third kappa shape index (κ3) is 7.62. The minimum atomic E-state index is 0.829. The molecule has 4 nitrogen and oxygen atoms in total. The Morgan fingerprint density at radius 3 is 1.49 bits per heavy atom. The van der Waals surface area contributed by atoms with Crippen LogP contribution < -0.4 is 15.5 Å². The van der Waals surface area contributed by atoms with Crippen molar-refractivity contribution >= 4 is 11.4 Å². The molecule has 4 aromatic rings. The second-order valence-corrected chi connectivity index (χ2v) is 13.2. The second-order valence-electron chi connectivity index (χ2n) is 13.2. The monoisotopic (exact) mass is 604 g/mol. The minimum absolute atomic E-state index is 0.829. The highest BCUT2D eigenvalue weighted by Gasteiger charge is 2.19. The minimum Gasteiger partial charge on any atom is -0.385 e. The number of nitrogens with one attached hydrogen (secondary N) is 2. The molecule has 0 heterocycles. The summed E-state index contributed by atoms with van der Waals surface area (Å²) in [6, 6.07) is 18.9. The number of benzene rings is 4. The summed E-state index contributed by atoms with van der Waals surface area (Å²) < 4.78 is 0. The number of rotatable bonds is 12. The van der Waals surface area contributed by atoms with E-state index in [0.29, 0.717) is 0 Å². The third-order valence-corrected chi connectivity index (χ3v) is 9.59. The van der Waals surface area contributed by atoms with Crippen LogP contribution in [0.25, 0.3) is 22.3 Å². The second kappa shape index (κ2) is 14.7. The van der Waals surface area contributed by atoms with Crippen LogP contribution in [0.5, 0.6) is 0 Å². The van der Waals surface area contributed by atoms with Gasteiger partial charge in [0, 0.05) is 37.6 Å². The maximum Gasteiger partial charge on any atom is 0.0707 e. The molecule has 0 aromatic heterocycles. The van der Waals surface area contributed by atoms with E-state index in [9.17, 15) is 0 Å². The molecule has 0 radical (unpaired) electrons. The smallest absolute Gasteiger partial charge is 0.0707 e. The van der Waals surface area contributed by atoms with Gasteiger partial charge in [0.25, 0.3) is 0 Å². The maximum absolute atomic E-state index is 3.68. The molecule has 0 aliphatic rings. The van der Waals surface area contributed by atoms with Gasteiger partial charge in [-0.05, 0) is 185 Å². The zero-order valence-electron chi connectivity index (χ0n) is 30.0. The Morgan fingerprint density at radius 1 is 0.578 bits per heavy atom. The van der Waals surface area contributed by atoms with Gasteiger partial charge in [-0.2, -0.15) is 0 Å². The summed E-state index contributed by atoms with van der Waals surface area (Å²) >= 11 is 0. The van der Waals surface area contributed by atoms with Crippen LogP contribution in [-0.2, 0) is 13.1 Å². The molecule has 4 aromatic carbocycles. The predicted molar refractivity (Wildman–Crippen MR) is 198 cm³/mol. The van der Waals surface area contributed by atoms with E-state index in [1.54, 1.807) is 0 Å². The van der Waals surface area contributed by atoms with Crippen LogP contribution in [0, 0.1) is 55.4 Å².